The number of thioether (sulfide) groups is 1. The Bertz CT molecular complexity index is 620. The normalized spacial score (nSPS) is 9.95. The second-order valence-electron chi connectivity index (χ2n) is 3.86. The summed E-state index contributed by atoms with van der Waals surface area (Å²) in [7, 11) is 0. The van der Waals surface area contributed by atoms with E-state index >= 15 is 0 Å². The van der Waals surface area contributed by atoms with Crippen LogP contribution < -0.4 is 4.74 Å². The third kappa shape index (κ3) is 3.07. The molecule has 0 fully saturated rings. The number of nitriles is 1. The Morgan fingerprint density at radius 2 is 2.05 bits per heavy atom. The maximum absolute atomic E-state index is 9.31. The summed E-state index contributed by atoms with van der Waals surface area (Å²) >= 11 is 1.64. The molecule has 0 atom stereocenters. The Balaban J connectivity index is 2.38. The highest BCUT2D eigenvalue weighted by atomic mass is 32.2. The van der Waals surface area contributed by atoms with Crippen molar-refractivity contribution in [2.24, 2.45) is 0 Å². The number of ether oxygens (including phenoxy) is 1. The lowest BCUT2D eigenvalue weighted by molar-refractivity contribution is 0.473. The molecule has 19 heavy (non-hydrogen) atoms. The number of hydrogen-bond donors (Lipinski definition) is 0. The average Bonchev–Trinajstić information content (AvgIpc) is 2.42. The van der Waals surface area contributed by atoms with Gasteiger partial charge in [0.05, 0.1) is 5.69 Å². The first-order valence-electron chi connectivity index (χ1n) is 6.01. The number of aryl methyl sites for hydroxylation is 1. The van der Waals surface area contributed by atoms with Crippen LogP contribution in [0.15, 0.2) is 41.4 Å². The molecule has 1 aromatic heterocycles. The van der Waals surface area contributed by atoms with E-state index < -0.39 is 0 Å². The monoisotopic (exact) mass is 270 g/mol. The van der Waals surface area contributed by atoms with Gasteiger partial charge in [-0.25, -0.2) is 0 Å². The highest BCUT2D eigenvalue weighted by Crippen LogP contribution is 2.32. The van der Waals surface area contributed by atoms with Gasteiger partial charge in [-0.3, -0.25) is 4.98 Å². The van der Waals surface area contributed by atoms with Gasteiger partial charge in [0.25, 0.3) is 0 Å². The minimum atomic E-state index is 0.581. The Kier molecular flexibility index (Phi) is 4.43. The molecule has 0 aliphatic heterocycles. The fourth-order valence-corrected chi connectivity index (χ4v) is 2.45. The van der Waals surface area contributed by atoms with E-state index in [9.17, 15) is 5.26 Å². The van der Waals surface area contributed by atoms with Crippen LogP contribution >= 0.6 is 11.8 Å². The van der Waals surface area contributed by atoms with Gasteiger partial charge in [0.2, 0.25) is 0 Å². The zero-order valence-electron chi connectivity index (χ0n) is 10.9. The first-order chi connectivity index (χ1) is 9.26. The summed E-state index contributed by atoms with van der Waals surface area (Å²) < 4.78 is 5.82. The van der Waals surface area contributed by atoms with Crippen molar-refractivity contribution in [3.8, 4) is 17.6 Å². The van der Waals surface area contributed by atoms with Crippen molar-refractivity contribution >= 4 is 11.8 Å². The standard InChI is InChI=1S/C15H14N2OS/c1-3-19-15-8-4-6-14(12(15)10-16)18-13-7-5-9-17-11(13)2/h4-9H,3H2,1-2H3. The summed E-state index contributed by atoms with van der Waals surface area (Å²) in [5.74, 6) is 2.18. The fraction of sp³-hybridized carbons (Fsp3) is 0.200. The van der Waals surface area contributed by atoms with Crippen molar-refractivity contribution in [3.05, 3.63) is 47.8 Å². The van der Waals surface area contributed by atoms with Gasteiger partial charge in [0, 0.05) is 11.1 Å². The van der Waals surface area contributed by atoms with Crippen molar-refractivity contribution in [1.82, 2.24) is 4.98 Å². The maximum Gasteiger partial charge on any atom is 0.148 e. The van der Waals surface area contributed by atoms with E-state index in [-0.39, 0.29) is 0 Å². The highest BCUT2D eigenvalue weighted by molar-refractivity contribution is 7.99. The molecular formula is C15H14N2OS. The van der Waals surface area contributed by atoms with E-state index in [4.69, 9.17) is 4.74 Å². The summed E-state index contributed by atoms with van der Waals surface area (Å²) in [5, 5.41) is 9.31. The molecule has 0 aliphatic carbocycles. The van der Waals surface area contributed by atoms with E-state index in [1.807, 2.05) is 37.3 Å². The number of pyridine rings is 1. The number of nitrogens with zero attached hydrogens (tertiary/aromatic N) is 2. The van der Waals surface area contributed by atoms with Crippen LogP contribution in [0, 0.1) is 18.3 Å². The molecule has 0 saturated heterocycles. The molecule has 96 valence electrons. The number of rotatable bonds is 4. The summed E-state index contributed by atoms with van der Waals surface area (Å²) in [4.78, 5) is 5.12. The van der Waals surface area contributed by atoms with Crippen molar-refractivity contribution in [2.45, 2.75) is 18.7 Å². The molecule has 2 aromatic rings. The first kappa shape index (κ1) is 13.4. The van der Waals surface area contributed by atoms with Gasteiger partial charge in [0.15, 0.2) is 0 Å². The average molecular weight is 270 g/mol. The van der Waals surface area contributed by atoms with E-state index in [0.29, 0.717) is 17.1 Å². The van der Waals surface area contributed by atoms with Crippen LogP contribution in [0.25, 0.3) is 0 Å². The molecule has 0 bridgehead atoms. The van der Waals surface area contributed by atoms with Crippen LogP contribution in [0.3, 0.4) is 0 Å². The molecule has 1 aromatic carbocycles. The molecular weight excluding hydrogens is 256 g/mol. The summed E-state index contributed by atoms with van der Waals surface area (Å²) in [6.07, 6.45) is 1.72. The molecule has 2 rings (SSSR count). The van der Waals surface area contributed by atoms with E-state index in [1.54, 1.807) is 18.0 Å². The van der Waals surface area contributed by atoms with Gasteiger partial charge < -0.3 is 4.74 Å². The predicted molar refractivity (Wildman–Crippen MR) is 76.6 cm³/mol. The minimum Gasteiger partial charge on any atom is -0.454 e. The third-order valence-corrected chi connectivity index (χ3v) is 3.52. The van der Waals surface area contributed by atoms with Crippen molar-refractivity contribution in [1.29, 1.82) is 5.26 Å². The topological polar surface area (TPSA) is 45.9 Å². The van der Waals surface area contributed by atoms with E-state index in [2.05, 4.69) is 18.0 Å². The number of aromatic nitrogens is 1. The summed E-state index contributed by atoms with van der Waals surface area (Å²) in [6, 6.07) is 11.5. The third-order valence-electron chi connectivity index (χ3n) is 2.58. The first-order valence-corrected chi connectivity index (χ1v) is 7.00. The molecule has 0 unspecified atom stereocenters. The largest absolute Gasteiger partial charge is 0.454 e. The zero-order valence-corrected chi connectivity index (χ0v) is 11.7. The molecule has 1 heterocycles. The maximum atomic E-state index is 9.31. The Hall–Kier alpha value is -1.99. The summed E-state index contributed by atoms with van der Waals surface area (Å²) in [6.45, 7) is 3.94. The van der Waals surface area contributed by atoms with Crippen LogP contribution in [-0.4, -0.2) is 10.7 Å². The Morgan fingerprint density at radius 3 is 2.74 bits per heavy atom. The van der Waals surface area contributed by atoms with Crippen LogP contribution in [0.5, 0.6) is 11.5 Å². The zero-order chi connectivity index (χ0) is 13.7. The van der Waals surface area contributed by atoms with Gasteiger partial charge >= 0.3 is 0 Å². The SMILES string of the molecule is CCSc1cccc(Oc2cccnc2C)c1C#N. The lowest BCUT2D eigenvalue weighted by Gasteiger charge is -2.11. The second kappa shape index (κ2) is 6.26. The molecule has 0 saturated carbocycles. The Labute approximate surface area is 117 Å². The van der Waals surface area contributed by atoms with Crippen LogP contribution in [0.4, 0.5) is 0 Å². The molecule has 0 aliphatic rings. The minimum absolute atomic E-state index is 0.581. The van der Waals surface area contributed by atoms with E-state index in [0.717, 1.165) is 16.3 Å². The molecule has 3 nitrogen and oxygen atoms in total. The van der Waals surface area contributed by atoms with E-state index in [1.165, 1.54) is 0 Å². The lowest BCUT2D eigenvalue weighted by Crippen LogP contribution is -1.93. The molecule has 0 radical (unpaired) electrons. The van der Waals surface area contributed by atoms with Crippen molar-refractivity contribution < 1.29 is 4.74 Å². The van der Waals surface area contributed by atoms with Gasteiger partial charge in [-0.1, -0.05) is 13.0 Å². The van der Waals surface area contributed by atoms with Gasteiger partial charge in [0.1, 0.15) is 23.1 Å². The lowest BCUT2D eigenvalue weighted by atomic mass is 10.2. The van der Waals surface area contributed by atoms with Crippen LogP contribution in [0.2, 0.25) is 0 Å². The van der Waals surface area contributed by atoms with Gasteiger partial charge in [-0.05, 0) is 36.9 Å². The molecule has 0 spiro atoms. The quantitative estimate of drug-likeness (QED) is 0.782. The molecule has 4 heteroatoms. The second-order valence-corrected chi connectivity index (χ2v) is 5.17. The highest BCUT2D eigenvalue weighted by Gasteiger charge is 2.11. The smallest absolute Gasteiger partial charge is 0.148 e. The predicted octanol–water partition coefficient (Wildman–Crippen LogP) is 4.17. The van der Waals surface area contributed by atoms with Crippen LogP contribution in [-0.2, 0) is 0 Å². The van der Waals surface area contributed by atoms with Crippen molar-refractivity contribution in [3.63, 3.8) is 0 Å². The Morgan fingerprint density at radius 1 is 1.26 bits per heavy atom. The fourth-order valence-electron chi connectivity index (χ4n) is 1.68. The number of hydrogen-bond acceptors (Lipinski definition) is 4. The summed E-state index contributed by atoms with van der Waals surface area (Å²) in [5.41, 5.74) is 1.39. The van der Waals surface area contributed by atoms with Gasteiger partial charge in [-0.2, -0.15) is 5.26 Å². The van der Waals surface area contributed by atoms with Crippen LogP contribution in [0.1, 0.15) is 18.2 Å². The number of benzene rings is 1. The van der Waals surface area contributed by atoms with Crippen molar-refractivity contribution in [2.75, 3.05) is 5.75 Å². The molecule has 0 N–H and O–H groups in total. The molecule has 0 amide bonds. The van der Waals surface area contributed by atoms with Gasteiger partial charge in [-0.15, -0.1) is 11.8 Å².